The highest BCUT2D eigenvalue weighted by Crippen LogP contribution is 2.34. The van der Waals surface area contributed by atoms with Crippen molar-refractivity contribution in [3.63, 3.8) is 0 Å². The van der Waals surface area contributed by atoms with Crippen LogP contribution in [0.3, 0.4) is 0 Å². The quantitative estimate of drug-likeness (QED) is 0.802. The lowest BCUT2D eigenvalue weighted by atomic mass is 9.80. The molecule has 0 saturated carbocycles. The van der Waals surface area contributed by atoms with Gasteiger partial charge in [-0.1, -0.05) is 36.4 Å². The summed E-state index contributed by atoms with van der Waals surface area (Å²) in [6.45, 7) is 4.18. The minimum Gasteiger partial charge on any atom is -0.378 e. The first-order chi connectivity index (χ1) is 13.1. The molecule has 2 unspecified atom stereocenters. The second-order valence-electron chi connectivity index (χ2n) is 7.89. The first-order valence-electron chi connectivity index (χ1n) is 9.75. The Labute approximate surface area is 160 Å². The van der Waals surface area contributed by atoms with E-state index in [1.54, 1.807) is 6.07 Å². The van der Waals surface area contributed by atoms with E-state index in [9.17, 15) is 9.18 Å². The molecule has 0 aliphatic carbocycles. The normalized spacial score (nSPS) is 25.3. The Morgan fingerprint density at radius 3 is 2.48 bits per heavy atom. The van der Waals surface area contributed by atoms with Gasteiger partial charge in [-0.25, -0.2) is 4.39 Å². The van der Waals surface area contributed by atoms with E-state index in [1.807, 2.05) is 13.0 Å². The van der Waals surface area contributed by atoms with E-state index >= 15 is 0 Å². The lowest BCUT2D eigenvalue weighted by Gasteiger charge is -2.48. The van der Waals surface area contributed by atoms with Crippen LogP contribution in [0.5, 0.6) is 0 Å². The summed E-state index contributed by atoms with van der Waals surface area (Å²) in [6.07, 6.45) is 2.10. The predicted molar refractivity (Wildman–Crippen MR) is 103 cm³/mol. The minimum atomic E-state index is -0.246. The molecule has 2 aromatic rings. The summed E-state index contributed by atoms with van der Waals surface area (Å²) >= 11 is 0. The molecule has 0 amide bonds. The van der Waals surface area contributed by atoms with Crippen molar-refractivity contribution >= 4 is 5.78 Å². The molecule has 2 aliphatic heterocycles. The summed E-state index contributed by atoms with van der Waals surface area (Å²) in [4.78, 5) is 15.5. The topological polar surface area (TPSA) is 29.5 Å². The Kier molecular flexibility index (Phi) is 5.37. The Hall–Kier alpha value is -2.04. The van der Waals surface area contributed by atoms with Gasteiger partial charge in [0.25, 0.3) is 0 Å². The lowest BCUT2D eigenvalue weighted by molar-refractivity contribution is -0.133. The Bertz CT molecular complexity index is 793. The highest BCUT2D eigenvalue weighted by atomic mass is 19.1. The van der Waals surface area contributed by atoms with Crippen LogP contribution in [0.2, 0.25) is 0 Å². The molecule has 4 rings (SSSR count). The van der Waals surface area contributed by atoms with Crippen LogP contribution in [0, 0.1) is 18.7 Å². The standard InChI is InChI=1S/C23H26FNO2/c1-16-9-20(24)8-7-18(16)12-23(26)19-10-21-14-27-15-22(11-19)25(21)13-17-5-3-2-4-6-17/h2-9,19,21-22H,10-15H2,1H3. The third-order valence-electron chi connectivity index (χ3n) is 6.00. The second-order valence-corrected chi connectivity index (χ2v) is 7.89. The summed E-state index contributed by atoms with van der Waals surface area (Å²) in [5.74, 6) is 0.103. The van der Waals surface area contributed by atoms with Crippen molar-refractivity contribution in [1.82, 2.24) is 4.90 Å². The third-order valence-corrected chi connectivity index (χ3v) is 6.00. The van der Waals surface area contributed by atoms with Crippen LogP contribution in [0.4, 0.5) is 4.39 Å². The van der Waals surface area contributed by atoms with Crippen molar-refractivity contribution in [2.75, 3.05) is 13.2 Å². The molecule has 2 saturated heterocycles. The number of ketones is 1. The summed E-state index contributed by atoms with van der Waals surface area (Å²) in [5, 5.41) is 0. The van der Waals surface area contributed by atoms with Crippen molar-refractivity contribution in [3.8, 4) is 0 Å². The molecular weight excluding hydrogens is 341 g/mol. The molecule has 2 bridgehead atoms. The van der Waals surface area contributed by atoms with E-state index in [1.165, 1.54) is 17.7 Å². The molecule has 27 heavy (non-hydrogen) atoms. The van der Waals surface area contributed by atoms with Crippen LogP contribution in [0.25, 0.3) is 0 Å². The Morgan fingerprint density at radius 2 is 1.81 bits per heavy atom. The number of nitrogens with zero attached hydrogens (tertiary/aromatic N) is 1. The number of Topliss-reactive ketones (excluding diaryl/α,β-unsaturated/α-hetero) is 1. The summed E-state index contributed by atoms with van der Waals surface area (Å²) in [6, 6.07) is 15.8. The fourth-order valence-electron chi connectivity index (χ4n) is 4.49. The molecular formula is C23H26FNO2. The van der Waals surface area contributed by atoms with Gasteiger partial charge in [0.2, 0.25) is 0 Å². The van der Waals surface area contributed by atoms with Gasteiger partial charge in [-0.2, -0.15) is 0 Å². The molecule has 0 spiro atoms. The molecule has 2 atom stereocenters. The molecule has 0 aromatic heterocycles. The molecule has 2 aliphatic rings. The van der Waals surface area contributed by atoms with E-state index < -0.39 is 0 Å². The number of rotatable bonds is 5. The van der Waals surface area contributed by atoms with Crippen LogP contribution in [-0.4, -0.2) is 36.0 Å². The number of hydrogen-bond acceptors (Lipinski definition) is 3. The van der Waals surface area contributed by atoms with Crippen LogP contribution < -0.4 is 0 Å². The molecule has 142 valence electrons. The van der Waals surface area contributed by atoms with Gasteiger partial charge in [0.15, 0.2) is 0 Å². The van der Waals surface area contributed by atoms with Gasteiger partial charge in [-0.05, 0) is 48.6 Å². The van der Waals surface area contributed by atoms with Crippen LogP contribution >= 0.6 is 0 Å². The first kappa shape index (κ1) is 18.3. The second kappa shape index (κ2) is 7.91. The number of fused-ring (bicyclic) bond motifs is 2. The average Bonchev–Trinajstić information content (AvgIpc) is 2.64. The fraction of sp³-hybridized carbons (Fsp3) is 0.435. The number of carbonyl (C=O) groups excluding carboxylic acids is 1. The van der Waals surface area contributed by atoms with Crippen molar-refractivity contribution in [2.45, 2.75) is 44.8 Å². The average molecular weight is 367 g/mol. The fourth-order valence-corrected chi connectivity index (χ4v) is 4.49. The number of morpholine rings is 1. The predicted octanol–water partition coefficient (Wildman–Crippen LogP) is 3.93. The van der Waals surface area contributed by atoms with Crippen molar-refractivity contribution in [3.05, 3.63) is 71.0 Å². The highest BCUT2D eigenvalue weighted by Gasteiger charge is 2.41. The van der Waals surface area contributed by atoms with Gasteiger partial charge in [0.1, 0.15) is 11.6 Å². The van der Waals surface area contributed by atoms with Crippen molar-refractivity contribution < 1.29 is 13.9 Å². The van der Waals surface area contributed by atoms with E-state index in [0.717, 1.165) is 30.5 Å². The zero-order valence-corrected chi connectivity index (χ0v) is 15.7. The zero-order chi connectivity index (χ0) is 18.8. The van der Waals surface area contributed by atoms with Gasteiger partial charge >= 0.3 is 0 Å². The summed E-state index contributed by atoms with van der Waals surface area (Å²) in [7, 11) is 0. The smallest absolute Gasteiger partial charge is 0.140 e. The van der Waals surface area contributed by atoms with Crippen LogP contribution in [0.15, 0.2) is 48.5 Å². The number of carbonyl (C=O) groups is 1. The largest absolute Gasteiger partial charge is 0.378 e. The van der Waals surface area contributed by atoms with Crippen LogP contribution in [0.1, 0.15) is 29.5 Å². The van der Waals surface area contributed by atoms with E-state index in [0.29, 0.717) is 31.7 Å². The Morgan fingerprint density at radius 1 is 1.11 bits per heavy atom. The minimum absolute atomic E-state index is 0.0698. The third kappa shape index (κ3) is 4.12. The number of piperidine rings is 1. The molecule has 2 fully saturated rings. The number of halogens is 1. The van der Waals surface area contributed by atoms with E-state index in [-0.39, 0.29) is 17.5 Å². The highest BCUT2D eigenvalue weighted by molar-refractivity contribution is 5.83. The number of benzene rings is 2. The van der Waals surface area contributed by atoms with Crippen molar-refractivity contribution in [2.24, 2.45) is 5.92 Å². The molecule has 3 nitrogen and oxygen atoms in total. The zero-order valence-electron chi connectivity index (χ0n) is 15.7. The summed E-state index contributed by atoms with van der Waals surface area (Å²) < 4.78 is 19.1. The van der Waals surface area contributed by atoms with Gasteiger partial charge in [-0.15, -0.1) is 0 Å². The molecule has 0 radical (unpaired) electrons. The van der Waals surface area contributed by atoms with E-state index in [4.69, 9.17) is 4.74 Å². The van der Waals surface area contributed by atoms with Gasteiger partial charge in [0, 0.05) is 31.0 Å². The monoisotopic (exact) mass is 367 g/mol. The van der Waals surface area contributed by atoms with Gasteiger partial charge in [-0.3, -0.25) is 9.69 Å². The molecule has 0 N–H and O–H groups in total. The van der Waals surface area contributed by atoms with Gasteiger partial charge < -0.3 is 4.74 Å². The first-order valence-corrected chi connectivity index (χ1v) is 9.75. The lowest BCUT2D eigenvalue weighted by Crippen LogP contribution is -2.57. The molecule has 2 heterocycles. The SMILES string of the molecule is Cc1cc(F)ccc1CC(=O)C1CC2COCC(C1)N2Cc1ccccc1. The van der Waals surface area contributed by atoms with Crippen molar-refractivity contribution in [1.29, 1.82) is 0 Å². The maximum Gasteiger partial charge on any atom is 0.140 e. The number of hydrogen-bond donors (Lipinski definition) is 0. The van der Waals surface area contributed by atoms with Gasteiger partial charge in [0.05, 0.1) is 13.2 Å². The number of aryl methyl sites for hydroxylation is 1. The maximum absolute atomic E-state index is 13.3. The number of ether oxygens (including phenoxy) is 1. The Balaban J connectivity index is 1.44. The van der Waals surface area contributed by atoms with Crippen LogP contribution in [-0.2, 0) is 22.5 Å². The summed E-state index contributed by atoms with van der Waals surface area (Å²) in [5.41, 5.74) is 3.10. The maximum atomic E-state index is 13.3. The molecule has 4 heteroatoms. The molecule has 2 aromatic carbocycles. The van der Waals surface area contributed by atoms with E-state index in [2.05, 4.69) is 29.2 Å².